The molecule has 2 heterocycles. The molecule has 0 saturated heterocycles. The fourth-order valence-electron chi connectivity index (χ4n) is 1.86. The average Bonchev–Trinajstić information content (AvgIpc) is 2.95. The third-order valence-corrected chi connectivity index (χ3v) is 3.72. The second-order valence-electron chi connectivity index (χ2n) is 4.17. The standard InChI is InChI=1S/C13H14N4S/c1-9-15-7-10(16-9)6-14-8-13-17-11-4-2-3-5-12(11)18-13/h2-5,7,14H,6,8H2,1H3,(H,15,16). The molecule has 0 amide bonds. The van der Waals surface area contributed by atoms with Crippen molar-refractivity contribution in [1.29, 1.82) is 0 Å². The highest BCUT2D eigenvalue weighted by Crippen LogP contribution is 2.21. The number of aryl methyl sites for hydroxylation is 1. The number of rotatable bonds is 4. The van der Waals surface area contributed by atoms with Gasteiger partial charge in [-0.1, -0.05) is 12.1 Å². The highest BCUT2D eigenvalue weighted by Gasteiger charge is 2.03. The lowest BCUT2D eigenvalue weighted by molar-refractivity contribution is 0.679. The van der Waals surface area contributed by atoms with E-state index in [-0.39, 0.29) is 0 Å². The molecule has 4 nitrogen and oxygen atoms in total. The minimum absolute atomic E-state index is 0.788. The summed E-state index contributed by atoms with van der Waals surface area (Å²) in [4.78, 5) is 11.9. The number of nitrogens with one attached hydrogen (secondary N) is 2. The van der Waals surface area contributed by atoms with Crippen LogP contribution in [0.1, 0.15) is 16.5 Å². The molecular formula is C13H14N4S. The van der Waals surface area contributed by atoms with Crippen molar-refractivity contribution in [2.75, 3.05) is 0 Å². The second-order valence-corrected chi connectivity index (χ2v) is 5.29. The Labute approximate surface area is 109 Å². The number of hydrogen-bond donors (Lipinski definition) is 2. The molecule has 1 aromatic carbocycles. The number of H-pyrrole nitrogens is 1. The number of imidazole rings is 1. The van der Waals surface area contributed by atoms with E-state index in [1.54, 1.807) is 11.3 Å². The first-order valence-corrected chi connectivity index (χ1v) is 6.68. The summed E-state index contributed by atoms with van der Waals surface area (Å²) in [6, 6.07) is 8.22. The Morgan fingerprint density at radius 2 is 2.17 bits per heavy atom. The molecule has 0 aliphatic rings. The molecule has 3 rings (SSSR count). The van der Waals surface area contributed by atoms with Gasteiger partial charge in [-0.15, -0.1) is 11.3 Å². The van der Waals surface area contributed by atoms with E-state index < -0.39 is 0 Å². The van der Waals surface area contributed by atoms with Gasteiger partial charge in [-0.25, -0.2) is 9.97 Å². The normalized spacial score (nSPS) is 11.2. The Kier molecular flexibility index (Phi) is 3.08. The lowest BCUT2D eigenvalue weighted by Crippen LogP contribution is -2.12. The van der Waals surface area contributed by atoms with E-state index in [9.17, 15) is 0 Å². The summed E-state index contributed by atoms with van der Waals surface area (Å²) < 4.78 is 1.24. The molecule has 0 atom stereocenters. The molecule has 3 aromatic rings. The van der Waals surface area contributed by atoms with Crippen molar-refractivity contribution < 1.29 is 0 Å². The van der Waals surface area contributed by atoms with Gasteiger partial charge in [-0.3, -0.25) is 0 Å². The number of fused-ring (bicyclic) bond motifs is 1. The molecule has 0 radical (unpaired) electrons. The van der Waals surface area contributed by atoms with Crippen LogP contribution in [0.4, 0.5) is 0 Å². The second kappa shape index (κ2) is 4.88. The molecule has 0 aliphatic heterocycles. The Balaban J connectivity index is 1.62. The maximum atomic E-state index is 4.58. The zero-order valence-corrected chi connectivity index (χ0v) is 10.9. The molecule has 18 heavy (non-hydrogen) atoms. The van der Waals surface area contributed by atoms with E-state index in [2.05, 4.69) is 26.3 Å². The van der Waals surface area contributed by atoms with Crippen LogP contribution in [0.3, 0.4) is 0 Å². The van der Waals surface area contributed by atoms with Crippen LogP contribution in [-0.4, -0.2) is 15.0 Å². The average molecular weight is 258 g/mol. The highest BCUT2D eigenvalue weighted by atomic mass is 32.1. The SMILES string of the molecule is Cc1ncc(CNCc2nc3ccccc3s2)[nH]1. The van der Waals surface area contributed by atoms with Gasteiger partial charge in [0.1, 0.15) is 10.8 Å². The zero-order chi connectivity index (χ0) is 12.4. The number of para-hydroxylation sites is 1. The molecular weight excluding hydrogens is 244 g/mol. The first kappa shape index (κ1) is 11.4. The van der Waals surface area contributed by atoms with Crippen molar-refractivity contribution in [2.45, 2.75) is 20.0 Å². The molecule has 2 aromatic heterocycles. The van der Waals surface area contributed by atoms with Gasteiger partial charge < -0.3 is 10.3 Å². The predicted octanol–water partition coefficient (Wildman–Crippen LogP) is 2.62. The highest BCUT2D eigenvalue weighted by molar-refractivity contribution is 7.18. The van der Waals surface area contributed by atoms with E-state index in [1.807, 2.05) is 31.3 Å². The van der Waals surface area contributed by atoms with Gasteiger partial charge >= 0.3 is 0 Å². The summed E-state index contributed by atoms with van der Waals surface area (Å²) in [7, 11) is 0. The lowest BCUT2D eigenvalue weighted by atomic mass is 10.3. The van der Waals surface area contributed by atoms with Crippen molar-refractivity contribution in [3.63, 3.8) is 0 Å². The van der Waals surface area contributed by atoms with Crippen molar-refractivity contribution in [3.05, 3.63) is 47.0 Å². The third kappa shape index (κ3) is 2.42. The Morgan fingerprint density at radius 3 is 2.94 bits per heavy atom. The van der Waals surface area contributed by atoms with Gasteiger partial charge in [0.05, 0.1) is 10.2 Å². The fourth-order valence-corrected chi connectivity index (χ4v) is 2.80. The zero-order valence-electron chi connectivity index (χ0n) is 10.1. The van der Waals surface area contributed by atoms with Gasteiger partial charge in [-0.2, -0.15) is 0 Å². The van der Waals surface area contributed by atoms with Crippen LogP contribution in [-0.2, 0) is 13.1 Å². The van der Waals surface area contributed by atoms with Crippen LogP contribution in [0, 0.1) is 6.92 Å². The lowest BCUT2D eigenvalue weighted by Gasteiger charge is -1.99. The van der Waals surface area contributed by atoms with Crippen LogP contribution in [0.5, 0.6) is 0 Å². The van der Waals surface area contributed by atoms with Gasteiger partial charge in [-0.05, 0) is 19.1 Å². The molecule has 0 aliphatic carbocycles. The van der Waals surface area contributed by atoms with E-state index in [0.717, 1.165) is 35.1 Å². The first-order chi connectivity index (χ1) is 8.81. The van der Waals surface area contributed by atoms with Gasteiger partial charge in [0, 0.05) is 25.0 Å². The number of thiazole rings is 1. The molecule has 0 bridgehead atoms. The van der Waals surface area contributed by atoms with E-state index in [0.29, 0.717) is 0 Å². The van der Waals surface area contributed by atoms with Crippen molar-refractivity contribution in [3.8, 4) is 0 Å². The maximum absolute atomic E-state index is 4.58. The number of nitrogens with zero attached hydrogens (tertiary/aromatic N) is 2. The number of aromatic nitrogens is 3. The summed E-state index contributed by atoms with van der Waals surface area (Å²) in [5.41, 5.74) is 2.19. The molecule has 0 saturated carbocycles. The van der Waals surface area contributed by atoms with Gasteiger partial charge in [0.25, 0.3) is 0 Å². The van der Waals surface area contributed by atoms with E-state index in [1.165, 1.54) is 4.70 Å². The maximum Gasteiger partial charge on any atom is 0.108 e. The number of benzene rings is 1. The van der Waals surface area contributed by atoms with Crippen molar-refractivity contribution in [1.82, 2.24) is 20.3 Å². The molecule has 0 fully saturated rings. The molecule has 5 heteroatoms. The summed E-state index contributed by atoms with van der Waals surface area (Å²) in [5.74, 6) is 0.951. The van der Waals surface area contributed by atoms with Crippen molar-refractivity contribution in [2.24, 2.45) is 0 Å². The van der Waals surface area contributed by atoms with Crippen molar-refractivity contribution >= 4 is 21.6 Å². The number of hydrogen-bond acceptors (Lipinski definition) is 4. The summed E-state index contributed by atoms with van der Waals surface area (Å²) in [5, 5.41) is 4.49. The summed E-state index contributed by atoms with van der Waals surface area (Å²) in [6.45, 7) is 3.53. The van der Waals surface area contributed by atoms with Crippen LogP contribution in [0.25, 0.3) is 10.2 Å². The summed E-state index contributed by atoms with van der Waals surface area (Å²) in [6.07, 6.45) is 1.86. The summed E-state index contributed by atoms with van der Waals surface area (Å²) >= 11 is 1.74. The molecule has 0 spiro atoms. The monoisotopic (exact) mass is 258 g/mol. The van der Waals surface area contributed by atoms with E-state index >= 15 is 0 Å². The first-order valence-electron chi connectivity index (χ1n) is 5.87. The quantitative estimate of drug-likeness (QED) is 0.756. The molecule has 0 unspecified atom stereocenters. The predicted molar refractivity (Wildman–Crippen MR) is 73.5 cm³/mol. The Morgan fingerprint density at radius 1 is 1.28 bits per heavy atom. The smallest absolute Gasteiger partial charge is 0.108 e. The largest absolute Gasteiger partial charge is 0.345 e. The number of aromatic amines is 1. The topological polar surface area (TPSA) is 53.6 Å². The minimum atomic E-state index is 0.788. The Bertz CT molecular complexity index is 623. The molecule has 92 valence electrons. The van der Waals surface area contributed by atoms with E-state index in [4.69, 9.17) is 0 Å². The van der Waals surface area contributed by atoms with Crippen LogP contribution < -0.4 is 5.32 Å². The van der Waals surface area contributed by atoms with Gasteiger partial charge in [0.2, 0.25) is 0 Å². The van der Waals surface area contributed by atoms with Gasteiger partial charge in [0.15, 0.2) is 0 Å². The molecule has 2 N–H and O–H groups in total. The third-order valence-electron chi connectivity index (χ3n) is 2.69. The van der Waals surface area contributed by atoms with Crippen LogP contribution >= 0.6 is 11.3 Å². The Hall–Kier alpha value is -1.72. The van der Waals surface area contributed by atoms with Crippen LogP contribution in [0.2, 0.25) is 0 Å². The minimum Gasteiger partial charge on any atom is -0.345 e. The van der Waals surface area contributed by atoms with Crippen LogP contribution in [0.15, 0.2) is 30.5 Å². The fraction of sp³-hybridized carbons (Fsp3) is 0.231.